The predicted octanol–water partition coefficient (Wildman–Crippen LogP) is 3.28. The van der Waals surface area contributed by atoms with Crippen molar-refractivity contribution in [3.8, 4) is 0 Å². The molecule has 3 rings (SSSR count). The molecule has 1 aromatic heterocycles. The van der Waals surface area contributed by atoms with Crippen molar-refractivity contribution in [2.75, 3.05) is 7.05 Å². The van der Waals surface area contributed by atoms with Gasteiger partial charge in [0.25, 0.3) is 0 Å². The molecule has 0 spiro atoms. The first kappa shape index (κ1) is 14.4. The fourth-order valence-corrected chi connectivity index (χ4v) is 4.67. The van der Waals surface area contributed by atoms with Gasteiger partial charge in [-0.15, -0.1) is 11.3 Å². The van der Waals surface area contributed by atoms with Gasteiger partial charge in [-0.2, -0.15) is 0 Å². The first-order chi connectivity index (χ1) is 9.63. The van der Waals surface area contributed by atoms with Crippen molar-refractivity contribution in [1.29, 1.82) is 0 Å². The van der Waals surface area contributed by atoms with Gasteiger partial charge in [0.15, 0.2) is 0 Å². The van der Waals surface area contributed by atoms with Crippen LogP contribution in [0.3, 0.4) is 0 Å². The van der Waals surface area contributed by atoms with E-state index in [0.29, 0.717) is 18.5 Å². The minimum absolute atomic E-state index is 0.0172. The van der Waals surface area contributed by atoms with Crippen molar-refractivity contribution < 1.29 is 4.79 Å². The lowest BCUT2D eigenvalue weighted by Crippen LogP contribution is -2.43. The molecule has 1 aromatic rings. The fourth-order valence-electron chi connectivity index (χ4n) is 3.52. The van der Waals surface area contributed by atoms with Gasteiger partial charge in [0, 0.05) is 18.0 Å². The number of nitrogens with one attached hydrogen (secondary N) is 1. The zero-order valence-corrected chi connectivity index (χ0v) is 13.3. The van der Waals surface area contributed by atoms with Gasteiger partial charge in [-0.05, 0) is 37.3 Å². The number of carbonyl (C=O) groups excluding carboxylic acids is 1. The molecular formula is C15H21ClN2OS. The highest BCUT2D eigenvalue weighted by Crippen LogP contribution is 2.33. The van der Waals surface area contributed by atoms with E-state index in [0.717, 1.165) is 15.6 Å². The highest BCUT2D eigenvalue weighted by atomic mass is 35.5. The summed E-state index contributed by atoms with van der Waals surface area (Å²) < 4.78 is 0.783. The Labute approximate surface area is 129 Å². The number of halogens is 1. The van der Waals surface area contributed by atoms with Crippen LogP contribution in [0, 0.1) is 5.92 Å². The molecule has 1 N–H and O–H groups in total. The van der Waals surface area contributed by atoms with E-state index < -0.39 is 0 Å². The van der Waals surface area contributed by atoms with Crippen LogP contribution >= 0.6 is 22.9 Å². The molecule has 1 aliphatic carbocycles. The largest absolute Gasteiger partial charge is 0.339 e. The van der Waals surface area contributed by atoms with E-state index in [1.165, 1.54) is 25.7 Å². The highest BCUT2D eigenvalue weighted by Gasteiger charge is 2.39. The summed E-state index contributed by atoms with van der Waals surface area (Å²) in [6, 6.07) is 4.48. The first-order valence-corrected chi connectivity index (χ1v) is 8.58. The maximum Gasteiger partial charge on any atom is 0.239 e. The summed E-state index contributed by atoms with van der Waals surface area (Å²) in [4.78, 5) is 15.5. The van der Waals surface area contributed by atoms with Crippen LogP contribution in [0.25, 0.3) is 0 Å². The average molecular weight is 313 g/mol. The fraction of sp³-hybridized carbons (Fsp3) is 0.667. The van der Waals surface area contributed by atoms with Crippen LogP contribution in [-0.2, 0) is 11.3 Å². The van der Waals surface area contributed by atoms with Crippen LogP contribution in [0.2, 0.25) is 4.34 Å². The Kier molecular flexibility index (Phi) is 4.34. The van der Waals surface area contributed by atoms with E-state index in [1.807, 2.05) is 24.1 Å². The molecule has 1 aliphatic heterocycles. The van der Waals surface area contributed by atoms with E-state index in [9.17, 15) is 4.79 Å². The molecule has 5 heteroatoms. The molecular weight excluding hydrogens is 292 g/mol. The molecule has 1 saturated carbocycles. The maximum absolute atomic E-state index is 12.5. The van der Waals surface area contributed by atoms with Gasteiger partial charge in [-0.1, -0.05) is 24.4 Å². The molecule has 3 atom stereocenters. The van der Waals surface area contributed by atoms with E-state index in [2.05, 4.69) is 5.32 Å². The molecule has 3 nitrogen and oxygen atoms in total. The monoisotopic (exact) mass is 312 g/mol. The molecule has 0 bridgehead atoms. The molecule has 2 heterocycles. The molecule has 3 unspecified atom stereocenters. The third-order valence-electron chi connectivity index (χ3n) is 4.56. The van der Waals surface area contributed by atoms with Crippen molar-refractivity contribution in [2.45, 2.75) is 50.7 Å². The number of likely N-dealkylation sites (N-methyl/N-ethyl adjacent to an activating group) is 1. The Morgan fingerprint density at radius 3 is 2.95 bits per heavy atom. The molecule has 2 fully saturated rings. The highest BCUT2D eigenvalue weighted by molar-refractivity contribution is 7.16. The number of thiophene rings is 1. The SMILES string of the molecule is CN(Cc1ccc(Cl)s1)C(=O)C1CC2CCCCC2N1. The average Bonchev–Trinajstić information content (AvgIpc) is 3.03. The van der Waals surface area contributed by atoms with Crippen LogP contribution in [0.15, 0.2) is 12.1 Å². The Morgan fingerprint density at radius 2 is 2.25 bits per heavy atom. The van der Waals surface area contributed by atoms with Crippen molar-refractivity contribution in [3.05, 3.63) is 21.3 Å². The zero-order chi connectivity index (χ0) is 14.1. The van der Waals surface area contributed by atoms with Gasteiger partial charge in [0.05, 0.1) is 16.9 Å². The molecule has 0 radical (unpaired) electrons. The van der Waals surface area contributed by atoms with Gasteiger partial charge >= 0.3 is 0 Å². The van der Waals surface area contributed by atoms with E-state index in [-0.39, 0.29) is 11.9 Å². The van der Waals surface area contributed by atoms with Crippen molar-refractivity contribution in [1.82, 2.24) is 10.2 Å². The third kappa shape index (κ3) is 3.02. The van der Waals surface area contributed by atoms with Crippen molar-refractivity contribution >= 4 is 28.8 Å². The predicted molar refractivity (Wildman–Crippen MR) is 83.1 cm³/mol. The minimum Gasteiger partial charge on any atom is -0.339 e. The van der Waals surface area contributed by atoms with Crippen molar-refractivity contribution in [3.63, 3.8) is 0 Å². The Morgan fingerprint density at radius 1 is 1.45 bits per heavy atom. The van der Waals surface area contributed by atoms with Crippen LogP contribution in [-0.4, -0.2) is 29.9 Å². The quantitative estimate of drug-likeness (QED) is 0.929. The summed E-state index contributed by atoms with van der Waals surface area (Å²) >= 11 is 7.48. The van der Waals surface area contributed by atoms with E-state index in [1.54, 1.807) is 11.3 Å². The Bertz CT molecular complexity index is 476. The zero-order valence-electron chi connectivity index (χ0n) is 11.8. The number of fused-ring (bicyclic) bond motifs is 1. The number of amides is 1. The molecule has 0 aromatic carbocycles. The number of carbonyl (C=O) groups is 1. The number of hydrogen-bond donors (Lipinski definition) is 1. The number of hydrogen-bond acceptors (Lipinski definition) is 3. The summed E-state index contributed by atoms with van der Waals surface area (Å²) in [5.41, 5.74) is 0. The second kappa shape index (κ2) is 6.04. The van der Waals surface area contributed by atoms with Gasteiger partial charge in [-0.25, -0.2) is 0 Å². The summed E-state index contributed by atoms with van der Waals surface area (Å²) in [6.45, 7) is 0.656. The lowest BCUT2D eigenvalue weighted by Gasteiger charge is -2.24. The second-order valence-electron chi connectivity index (χ2n) is 6.01. The van der Waals surface area contributed by atoms with Crippen LogP contribution in [0.1, 0.15) is 37.0 Å². The smallest absolute Gasteiger partial charge is 0.239 e. The van der Waals surface area contributed by atoms with Gasteiger partial charge in [-0.3, -0.25) is 4.79 Å². The van der Waals surface area contributed by atoms with Crippen LogP contribution in [0.4, 0.5) is 0 Å². The number of rotatable bonds is 3. The van der Waals surface area contributed by atoms with Gasteiger partial charge in [0.2, 0.25) is 5.91 Å². The van der Waals surface area contributed by atoms with E-state index >= 15 is 0 Å². The summed E-state index contributed by atoms with van der Waals surface area (Å²) in [7, 11) is 1.89. The molecule has 1 amide bonds. The van der Waals surface area contributed by atoms with Gasteiger partial charge < -0.3 is 10.2 Å². The second-order valence-corrected chi connectivity index (χ2v) is 7.81. The summed E-state index contributed by atoms with van der Waals surface area (Å²) in [5.74, 6) is 0.936. The van der Waals surface area contributed by atoms with Gasteiger partial charge in [0.1, 0.15) is 0 Å². The summed E-state index contributed by atoms with van der Waals surface area (Å²) in [5, 5.41) is 3.55. The summed E-state index contributed by atoms with van der Waals surface area (Å²) in [6.07, 6.45) is 6.16. The normalized spacial score (nSPS) is 29.2. The standard InChI is InChI=1S/C15H21ClN2OS/c1-18(9-11-6-7-14(16)20-11)15(19)13-8-10-4-2-3-5-12(10)17-13/h6-7,10,12-13,17H,2-5,8-9H2,1H3. The van der Waals surface area contributed by atoms with Crippen LogP contribution < -0.4 is 5.32 Å². The van der Waals surface area contributed by atoms with E-state index in [4.69, 9.17) is 11.6 Å². The molecule has 2 aliphatic rings. The third-order valence-corrected chi connectivity index (χ3v) is 5.77. The molecule has 110 valence electrons. The van der Waals surface area contributed by atoms with Crippen LogP contribution in [0.5, 0.6) is 0 Å². The Balaban J connectivity index is 1.58. The van der Waals surface area contributed by atoms with Crippen molar-refractivity contribution in [2.24, 2.45) is 5.92 Å². The molecule has 20 heavy (non-hydrogen) atoms. The lowest BCUT2D eigenvalue weighted by atomic mass is 9.85. The topological polar surface area (TPSA) is 32.3 Å². The lowest BCUT2D eigenvalue weighted by molar-refractivity contribution is -0.132. The molecule has 1 saturated heterocycles. The Hall–Kier alpha value is -0.580. The number of nitrogens with zero attached hydrogens (tertiary/aromatic N) is 1. The maximum atomic E-state index is 12.5. The minimum atomic E-state index is 0.0172. The first-order valence-electron chi connectivity index (χ1n) is 7.38.